The molecule has 0 saturated carbocycles. The Labute approximate surface area is 164 Å². The lowest BCUT2D eigenvalue weighted by molar-refractivity contribution is 0.193. The fourth-order valence-electron chi connectivity index (χ4n) is 3.73. The third-order valence-electron chi connectivity index (χ3n) is 5.23. The van der Waals surface area contributed by atoms with E-state index in [0.29, 0.717) is 18.3 Å². The largest absolute Gasteiger partial charge is 0.337 e. The number of rotatable bonds is 3. The van der Waals surface area contributed by atoms with Crippen LogP contribution in [0.5, 0.6) is 0 Å². The molecule has 2 heterocycles. The molecule has 0 aliphatic carbocycles. The van der Waals surface area contributed by atoms with Gasteiger partial charge in [0.15, 0.2) is 0 Å². The minimum atomic E-state index is -0.199. The first-order chi connectivity index (χ1) is 13.5. The Bertz CT molecular complexity index is 991. The molecule has 1 N–H and O–H groups in total. The summed E-state index contributed by atoms with van der Waals surface area (Å²) in [5, 5.41) is 7.20. The molecule has 1 saturated heterocycles. The molecule has 28 heavy (non-hydrogen) atoms. The lowest BCUT2D eigenvalue weighted by Crippen LogP contribution is -2.35. The summed E-state index contributed by atoms with van der Waals surface area (Å²) in [4.78, 5) is 19.3. The maximum absolute atomic E-state index is 12.9. The Hall–Kier alpha value is -3.15. The fourth-order valence-corrected chi connectivity index (χ4v) is 3.73. The summed E-state index contributed by atoms with van der Waals surface area (Å²) in [7, 11) is 0. The van der Waals surface area contributed by atoms with Gasteiger partial charge >= 0.3 is 6.03 Å². The van der Waals surface area contributed by atoms with Crippen molar-refractivity contribution in [2.75, 3.05) is 11.9 Å². The first kappa shape index (κ1) is 18.2. The van der Waals surface area contributed by atoms with Crippen LogP contribution < -0.4 is 5.32 Å². The lowest BCUT2D eigenvalue weighted by Gasteiger charge is -2.23. The quantitative estimate of drug-likeness (QED) is 0.696. The summed E-state index contributed by atoms with van der Waals surface area (Å²) in [5.41, 5.74) is 5.01. The standard InChI is InChI=1S/C22H24N4O2/c1-14-7-4-10-17(13-14)20-24-21(28-25-20)18-11-6-12-26(18)22(27)23-19-15(2)8-5-9-16(19)3/h4-5,7-10,13,18H,6,11-12H2,1-3H3,(H,23,27)/t18-/m0/s1. The average Bonchev–Trinajstić information content (AvgIpc) is 3.33. The number of nitrogens with one attached hydrogen (secondary N) is 1. The molecule has 1 fully saturated rings. The van der Waals surface area contributed by atoms with E-state index in [9.17, 15) is 4.79 Å². The number of hydrogen-bond donors (Lipinski definition) is 1. The van der Waals surface area contributed by atoms with E-state index < -0.39 is 0 Å². The highest BCUT2D eigenvalue weighted by Crippen LogP contribution is 2.33. The number of aryl methyl sites for hydroxylation is 3. The van der Waals surface area contributed by atoms with E-state index in [1.807, 2.05) is 63.2 Å². The van der Waals surface area contributed by atoms with Crippen LogP contribution in [0, 0.1) is 20.8 Å². The molecule has 0 unspecified atom stereocenters. The van der Waals surface area contributed by atoms with E-state index in [1.54, 1.807) is 4.90 Å². The van der Waals surface area contributed by atoms with Crippen LogP contribution >= 0.6 is 0 Å². The minimum Gasteiger partial charge on any atom is -0.337 e. The van der Waals surface area contributed by atoms with Crippen molar-refractivity contribution < 1.29 is 9.32 Å². The van der Waals surface area contributed by atoms with Crippen LogP contribution in [0.15, 0.2) is 47.0 Å². The molecule has 0 bridgehead atoms. The Morgan fingerprint density at radius 1 is 1.14 bits per heavy atom. The topological polar surface area (TPSA) is 71.3 Å². The average molecular weight is 376 g/mol. The maximum atomic E-state index is 12.9. The summed E-state index contributed by atoms with van der Waals surface area (Å²) in [6.07, 6.45) is 1.72. The van der Waals surface area contributed by atoms with Crippen LogP contribution in [-0.4, -0.2) is 27.6 Å². The van der Waals surface area contributed by atoms with Crippen molar-refractivity contribution in [1.29, 1.82) is 0 Å². The molecule has 144 valence electrons. The Balaban J connectivity index is 1.55. The molecule has 0 spiro atoms. The van der Waals surface area contributed by atoms with E-state index in [1.165, 1.54) is 0 Å². The van der Waals surface area contributed by atoms with E-state index in [-0.39, 0.29) is 12.1 Å². The Kier molecular flexibility index (Phi) is 4.86. The van der Waals surface area contributed by atoms with E-state index in [4.69, 9.17) is 4.52 Å². The number of hydrogen-bond acceptors (Lipinski definition) is 4. The molecule has 1 atom stereocenters. The molecule has 1 aliphatic heterocycles. The second kappa shape index (κ2) is 7.46. The van der Waals surface area contributed by atoms with Crippen molar-refractivity contribution in [2.45, 2.75) is 39.7 Å². The van der Waals surface area contributed by atoms with Gasteiger partial charge < -0.3 is 14.7 Å². The summed E-state index contributed by atoms with van der Waals surface area (Å²) in [6.45, 7) is 6.69. The van der Waals surface area contributed by atoms with Gasteiger partial charge in [0, 0.05) is 17.8 Å². The predicted octanol–water partition coefficient (Wildman–Crippen LogP) is 5.03. The molecule has 3 aromatic rings. The third kappa shape index (κ3) is 3.50. The molecular formula is C22H24N4O2. The molecule has 1 aromatic heterocycles. The highest BCUT2D eigenvalue weighted by molar-refractivity contribution is 5.91. The second-order valence-corrected chi connectivity index (χ2v) is 7.37. The highest BCUT2D eigenvalue weighted by Gasteiger charge is 2.34. The van der Waals surface area contributed by atoms with Crippen LogP contribution in [0.1, 0.15) is 41.5 Å². The summed E-state index contributed by atoms with van der Waals surface area (Å²) < 4.78 is 5.54. The van der Waals surface area contributed by atoms with Gasteiger partial charge in [-0.15, -0.1) is 0 Å². The summed E-state index contributed by atoms with van der Waals surface area (Å²) in [5.74, 6) is 1.05. The number of carbonyl (C=O) groups excluding carboxylic acids is 1. The zero-order chi connectivity index (χ0) is 19.7. The van der Waals surface area contributed by atoms with Crippen molar-refractivity contribution in [3.8, 4) is 11.4 Å². The van der Waals surface area contributed by atoms with Crippen LogP contribution in [-0.2, 0) is 0 Å². The second-order valence-electron chi connectivity index (χ2n) is 7.37. The zero-order valence-electron chi connectivity index (χ0n) is 16.4. The molecule has 6 nitrogen and oxygen atoms in total. The Morgan fingerprint density at radius 3 is 2.64 bits per heavy atom. The number of anilines is 1. The van der Waals surface area contributed by atoms with Gasteiger partial charge in [-0.25, -0.2) is 4.79 Å². The van der Waals surface area contributed by atoms with Gasteiger partial charge in [-0.05, 0) is 50.8 Å². The van der Waals surface area contributed by atoms with Crippen LogP contribution in [0.4, 0.5) is 10.5 Å². The summed E-state index contributed by atoms with van der Waals surface area (Å²) >= 11 is 0. The summed E-state index contributed by atoms with van der Waals surface area (Å²) in [6, 6.07) is 13.6. The van der Waals surface area contributed by atoms with Crippen molar-refractivity contribution in [2.24, 2.45) is 0 Å². The van der Waals surface area contributed by atoms with Crippen molar-refractivity contribution in [3.05, 3.63) is 65.0 Å². The lowest BCUT2D eigenvalue weighted by atomic mass is 10.1. The number of urea groups is 1. The van der Waals surface area contributed by atoms with Gasteiger partial charge in [0.05, 0.1) is 0 Å². The van der Waals surface area contributed by atoms with Gasteiger partial charge in [0.1, 0.15) is 6.04 Å². The minimum absolute atomic E-state index is 0.129. The van der Waals surface area contributed by atoms with Crippen molar-refractivity contribution >= 4 is 11.7 Å². The predicted molar refractivity (Wildman–Crippen MR) is 108 cm³/mol. The van der Waals surface area contributed by atoms with Crippen LogP contribution in [0.2, 0.25) is 0 Å². The van der Waals surface area contributed by atoms with Gasteiger partial charge in [0.25, 0.3) is 0 Å². The van der Waals surface area contributed by atoms with Gasteiger partial charge in [-0.2, -0.15) is 4.98 Å². The molecule has 4 rings (SSSR count). The van der Waals surface area contributed by atoms with Crippen LogP contribution in [0.3, 0.4) is 0 Å². The first-order valence-electron chi connectivity index (χ1n) is 9.57. The number of carbonyl (C=O) groups is 1. The van der Waals surface area contributed by atoms with Crippen LogP contribution in [0.25, 0.3) is 11.4 Å². The smallest absolute Gasteiger partial charge is 0.322 e. The van der Waals surface area contributed by atoms with Gasteiger partial charge in [0.2, 0.25) is 11.7 Å². The molecule has 6 heteroatoms. The SMILES string of the molecule is Cc1cccc(-c2noc([C@@H]3CCCN3C(=O)Nc3c(C)cccc3C)n2)c1. The first-order valence-corrected chi connectivity index (χ1v) is 9.57. The van der Waals surface area contributed by atoms with Gasteiger partial charge in [-0.1, -0.05) is 47.1 Å². The maximum Gasteiger partial charge on any atom is 0.322 e. The fraction of sp³-hybridized carbons (Fsp3) is 0.318. The molecule has 1 aliphatic rings. The number of amides is 2. The molecule has 0 radical (unpaired) electrons. The molecule has 2 aromatic carbocycles. The Morgan fingerprint density at radius 2 is 1.89 bits per heavy atom. The zero-order valence-corrected chi connectivity index (χ0v) is 16.4. The van der Waals surface area contributed by atoms with E-state index in [2.05, 4.69) is 15.5 Å². The number of likely N-dealkylation sites (tertiary alicyclic amines) is 1. The monoisotopic (exact) mass is 376 g/mol. The molecular weight excluding hydrogens is 352 g/mol. The highest BCUT2D eigenvalue weighted by atomic mass is 16.5. The van der Waals surface area contributed by atoms with Gasteiger partial charge in [-0.3, -0.25) is 0 Å². The molecule has 2 amide bonds. The van der Waals surface area contributed by atoms with Crippen molar-refractivity contribution in [1.82, 2.24) is 15.0 Å². The number of benzene rings is 2. The normalized spacial score (nSPS) is 16.4. The third-order valence-corrected chi connectivity index (χ3v) is 5.23. The van der Waals surface area contributed by atoms with E-state index >= 15 is 0 Å². The number of para-hydroxylation sites is 1. The number of aromatic nitrogens is 2. The number of nitrogens with zero attached hydrogens (tertiary/aromatic N) is 3. The van der Waals surface area contributed by atoms with E-state index in [0.717, 1.165) is 40.8 Å². The van der Waals surface area contributed by atoms with Crippen molar-refractivity contribution in [3.63, 3.8) is 0 Å².